The monoisotopic (exact) mass is 235 g/mol. The summed E-state index contributed by atoms with van der Waals surface area (Å²) < 4.78 is 0. The van der Waals surface area contributed by atoms with E-state index < -0.39 is 0 Å². The fraction of sp³-hybridized carbons (Fsp3) is 0.571. The van der Waals surface area contributed by atoms with Gasteiger partial charge in [-0.05, 0) is 36.3 Å². The Hall–Kier alpha value is -0.630. The first-order valence-electron chi connectivity index (χ1n) is 6.21. The number of anilines is 1. The van der Waals surface area contributed by atoms with Crippen molar-refractivity contribution < 1.29 is 0 Å². The molecule has 2 N–H and O–H groups in total. The van der Waals surface area contributed by atoms with Crippen LogP contribution in [0.25, 0.3) is 0 Å². The summed E-state index contributed by atoms with van der Waals surface area (Å²) in [5, 5.41) is 0. The molecule has 0 aromatic heterocycles. The van der Waals surface area contributed by atoms with Gasteiger partial charge < -0.3 is 5.73 Å². The Morgan fingerprint density at radius 2 is 1.81 bits per heavy atom. The Balaban J connectivity index is 2.21. The Bertz CT molecular complexity index is 325. The molecule has 0 bridgehead atoms. The van der Waals surface area contributed by atoms with Gasteiger partial charge in [0.15, 0.2) is 0 Å². The molecule has 1 aliphatic rings. The zero-order chi connectivity index (χ0) is 11.4. The Labute approximate surface area is 103 Å². The van der Waals surface area contributed by atoms with Gasteiger partial charge >= 0.3 is 0 Å². The third kappa shape index (κ3) is 2.37. The number of nitrogens with two attached hydrogens (primary N) is 1. The highest BCUT2D eigenvalue weighted by Crippen LogP contribution is 2.43. The van der Waals surface area contributed by atoms with E-state index in [-0.39, 0.29) is 0 Å². The van der Waals surface area contributed by atoms with Crippen molar-refractivity contribution in [1.82, 2.24) is 0 Å². The minimum Gasteiger partial charge on any atom is -0.399 e. The van der Waals surface area contributed by atoms with Crippen LogP contribution in [0.3, 0.4) is 0 Å². The van der Waals surface area contributed by atoms with Crippen LogP contribution in [0, 0.1) is 0 Å². The Morgan fingerprint density at radius 3 is 2.38 bits per heavy atom. The van der Waals surface area contributed by atoms with Gasteiger partial charge in [0.25, 0.3) is 0 Å². The minimum absolute atomic E-state index is 0.439. The van der Waals surface area contributed by atoms with E-state index in [0.29, 0.717) is 5.41 Å². The first-order valence-corrected chi connectivity index (χ1v) is 7.36. The van der Waals surface area contributed by atoms with Gasteiger partial charge in [-0.15, -0.1) is 0 Å². The standard InChI is InChI=1S/C14H21NS/c1-2-16-11-14(9-3-4-10-14)12-5-7-13(15)8-6-12/h5-8H,2-4,9-11,15H2,1H3. The lowest BCUT2D eigenvalue weighted by Crippen LogP contribution is -2.25. The van der Waals surface area contributed by atoms with E-state index in [0.717, 1.165) is 5.69 Å². The summed E-state index contributed by atoms with van der Waals surface area (Å²) in [7, 11) is 0. The first-order chi connectivity index (χ1) is 7.77. The van der Waals surface area contributed by atoms with Crippen molar-refractivity contribution in [2.45, 2.75) is 38.0 Å². The molecule has 0 heterocycles. The second kappa shape index (κ2) is 5.13. The lowest BCUT2D eigenvalue weighted by Gasteiger charge is -2.29. The van der Waals surface area contributed by atoms with Gasteiger partial charge in [0.2, 0.25) is 0 Å². The molecule has 1 aliphatic carbocycles. The molecule has 88 valence electrons. The first kappa shape index (κ1) is 11.8. The molecule has 1 saturated carbocycles. The van der Waals surface area contributed by atoms with Gasteiger partial charge in [0.05, 0.1) is 0 Å². The van der Waals surface area contributed by atoms with E-state index in [1.54, 1.807) is 0 Å². The van der Waals surface area contributed by atoms with Crippen LogP contribution in [0.1, 0.15) is 38.2 Å². The molecule has 0 spiro atoms. The van der Waals surface area contributed by atoms with Crippen molar-refractivity contribution in [2.24, 2.45) is 0 Å². The predicted molar refractivity (Wildman–Crippen MR) is 74.0 cm³/mol. The van der Waals surface area contributed by atoms with Crippen LogP contribution in [-0.4, -0.2) is 11.5 Å². The van der Waals surface area contributed by atoms with E-state index in [4.69, 9.17) is 5.73 Å². The number of hydrogen-bond acceptors (Lipinski definition) is 2. The van der Waals surface area contributed by atoms with Gasteiger partial charge in [-0.1, -0.05) is 31.9 Å². The van der Waals surface area contributed by atoms with Crippen molar-refractivity contribution in [3.05, 3.63) is 29.8 Å². The summed E-state index contributed by atoms with van der Waals surface area (Å²) in [5.74, 6) is 2.49. The van der Waals surface area contributed by atoms with Gasteiger partial charge in [-0.3, -0.25) is 0 Å². The zero-order valence-electron chi connectivity index (χ0n) is 10.0. The van der Waals surface area contributed by atoms with E-state index in [9.17, 15) is 0 Å². The lowest BCUT2D eigenvalue weighted by atomic mass is 9.81. The third-order valence-corrected chi connectivity index (χ3v) is 4.83. The molecule has 2 heteroatoms. The highest BCUT2D eigenvalue weighted by molar-refractivity contribution is 7.99. The average molecular weight is 235 g/mol. The molecule has 0 unspecified atom stereocenters. The Morgan fingerprint density at radius 1 is 1.19 bits per heavy atom. The molecule has 0 amide bonds. The third-order valence-electron chi connectivity index (χ3n) is 3.67. The fourth-order valence-corrected chi connectivity index (χ4v) is 3.75. The van der Waals surface area contributed by atoms with Gasteiger partial charge in [-0.2, -0.15) is 11.8 Å². The summed E-state index contributed by atoms with van der Waals surface area (Å²) in [4.78, 5) is 0. The van der Waals surface area contributed by atoms with E-state index in [1.165, 1.54) is 42.8 Å². The van der Waals surface area contributed by atoms with Crippen LogP contribution in [0.4, 0.5) is 5.69 Å². The van der Waals surface area contributed by atoms with Crippen LogP contribution >= 0.6 is 11.8 Å². The minimum atomic E-state index is 0.439. The van der Waals surface area contributed by atoms with Crippen LogP contribution in [0.5, 0.6) is 0 Å². The molecule has 0 aliphatic heterocycles. The van der Waals surface area contributed by atoms with Crippen molar-refractivity contribution in [1.29, 1.82) is 0 Å². The number of rotatable bonds is 4. The second-order valence-corrected chi connectivity index (χ2v) is 6.02. The van der Waals surface area contributed by atoms with Crippen LogP contribution in [-0.2, 0) is 5.41 Å². The van der Waals surface area contributed by atoms with Crippen molar-refractivity contribution in [3.8, 4) is 0 Å². The molecule has 1 nitrogen and oxygen atoms in total. The molecule has 1 aromatic carbocycles. The highest BCUT2D eigenvalue weighted by Gasteiger charge is 2.35. The molecule has 1 aromatic rings. The highest BCUT2D eigenvalue weighted by atomic mass is 32.2. The van der Waals surface area contributed by atoms with Crippen molar-refractivity contribution in [3.63, 3.8) is 0 Å². The molecule has 0 saturated heterocycles. The number of thioether (sulfide) groups is 1. The molecule has 1 fully saturated rings. The topological polar surface area (TPSA) is 26.0 Å². The van der Waals surface area contributed by atoms with Crippen LogP contribution in [0.15, 0.2) is 24.3 Å². The predicted octanol–water partition coefficient (Wildman–Crippen LogP) is 3.83. The van der Waals surface area contributed by atoms with Gasteiger partial charge in [-0.25, -0.2) is 0 Å². The maximum atomic E-state index is 5.76. The number of nitrogen functional groups attached to an aromatic ring is 1. The summed E-state index contributed by atoms with van der Waals surface area (Å²) in [6, 6.07) is 8.56. The van der Waals surface area contributed by atoms with Gasteiger partial charge in [0, 0.05) is 16.9 Å². The summed E-state index contributed by atoms with van der Waals surface area (Å²) in [5.41, 5.74) is 8.58. The maximum absolute atomic E-state index is 5.76. The van der Waals surface area contributed by atoms with E-state index >= 15 is 0 Å². The van der Waals surface area contributed by atoms with Crippen molar-refractivity contribution >= 4 is 17.4 Å². The maximum Gasteiger partial charge on any atom is 0.0314 e. The number of hydrogen-bond donors (Lipinski definition) is 1. The quantitative estimate of drug-likeness (QED) is 0.803. The Kier molecular flexibility index (Phi) is 3.80. The van der Waals surface area contributed by atoms with Crippen LogP contribution in [0.2, 0.25) is 0 Å². The van der Waals surface area contributed by atoms with Gasteiger partial charge in [0.1, 0.15) is 0 Å². The SMILES string of the molecule is CCSCC1(c2ccc(N)cc2)CCCC1. The lowest BCUT2D eigenvalue weighted by molar-refractivity contribution is 0.502. The molecule has 2 rings (SSSR count). The average Bonchev–Trinajstić information content (AvgIpc) is 2.77. The summed E-state index contributed by atoms with van der Waals surface area (Å²) >= 11 is 2.07. The zero-order valence-corrected chi connectivity index (χ0v) is 10.9. The second-order valence-electron chi connectivity index (χ2n) is 4.75. The molecule has 0 radical (unpaired) electrons. The summed E-state index contributed by atoms with van der Waals surface area (Å²) in [6.45, 7) is 2.25. The van der Waals surface area contributed by atoms with E-state index in [2.05, 4.69) is 30.8 Å². The normalized spacial score (nSPS) is 18.8. The molecular weight excluding hydrogens is 214 g/mol. The molecule has 16 heavy (non-hydrogen) atoms. The van der Waals surface area contributed by atoms with E-state index in [1.807, 2.05) is 12.1 Å². The largest absolute Gasteiger partial charge is 0.399 e. The molecule has 0 atom stereocenters. The van der Waals surface area contributed by atoms with Crippen LogP contribution < -0.4 is 5.73 Å². The van der Waals surface area contributed by atoms with Crippen molar-refractivity contribution in [2.75, 3.05) is 17.2 Å². The number of benzene rings is 1. The smallest absolute Gasteiger partial charge is 0.0314 e. The molecular formula is C14H21NS. The fourth-order valence-electron chi connectivity index (χ4n) is 2.70. The summed E-state index contributed by atoms with van der Waals surface area (Å²) in [6.07, 6.45) is 5.47.